The van der Waals surface area contributed by atoms with Gasteiger partial charge in [0.15, 0.2) is 0 Å². The summed E-state index contributed by atoms with van der Waals surface area (Å²) < 4.78 is 5.03. The molecule has 2 nitrogen and oxygen atoms in total. The molecule has 0 saturated heterocycles. The summed E-state index contributed by atoms with van der Waals surface area (Å²) in [4.78, 5) is 0. The highest BCUT2D eigenvalue weighted by atomic mass is 15.0. The Morgan fingerprint density at radius 3 is 1.26 bits per heavy atom. The van der Waals surface area contributed by atoms with Crippen LogP contribution in [0.25, 0.3) is 99.5 Å². The van der Waals surface area contributed by atoms with E-state index in [1.807, 2.05) is 0 Å². The maximum atomic E-state index is 2.52. The zero-order chi connectivity index (χ0) is 42.2. The average Bonchev–Trinajstić information content (AvgIpc) is 3.86. The van der Waals surface area contributed by atoms with E-state index in [2.05, 4.69) is 238 Å². The van der Waals surface area contributed by atoms with E-state index in [-0.39, 0.29) is 0 Å². The number of fused-ring (bicyclic) bond motifs is 6. The number of benzene rings is 9. The van der Waals surface area contributed by atoms with Crippen LogP contribution >= 0.6 is 0 Å². The van der Waals surface area contributed by atoms with Crippen LogP contribution in [0.15, 0.2) is 182 Å². The first-order valence-corrected chi connectivity index (χ1v) is 21.8. The van der Waals surface area contributed by atoms with Gasteiger partial charge >= 0.3 is 0 Å². The van der Waals surface area contributed by atoms with E-state index < -0.39 is 0 Å². The fourth-order valence-electron chi connectivity index (χ4n) is 10.5. The fraction of sp³-hybridized carbons (Fsp3) is 0. The number of hydrogen-bond donors (Lipinski definition) is 0. The monoisotopic (exact) mass is 784 g/mol. The minimum atomic E-state index is 1.17. The van der Waals surface area contributed by atoms with Crippen molar-refractivity contribution in [2.75, 3.05) is 0 Å². The van der Waals surface area contributed by atoms with Gasteiger partial charge in [0.25, 0.3) is 0 Å². The number of aromatic nitrogens is 2. The van der Waals surface area contributed by atoms with Gasteiger partial charge in [-0.25, -0.2) is 0 Å². The van der Waals surface area contributed by atoms with E-state index in [9.17, 15) is 0 Å². The van der Waals surface area contributed by atoms with Gasteiger partial charge in [0, 0.05) is 44.0 Å². The Morgan fingerprint density at radius 1 is 0.274 bits per heavy atom. The fourth-order valence-corrected chi connectivity index (χ4v) is 10.5. The molecule has 0 atom stereocenters. The number of hydrogen-bond acceptors (Lipinski definition) is 0. The first-order valence-electron chi connectivity index (χ1n) is 21.8. The van der Waals surface area contributed by atoms with Crippen LogP contribution in [0.1, 0.15) is 0 Å². The first kappa shape index (κ1) is 37.9. The molecule has 0 N–H and O–H groups in total. The molecule has 8 heteroatoms. The van der Waals surface area contributed by atoms with E-state index in [1.165, 1.54) is 132 Å². The number of para-hydroxylation sites is 1. The average molecular weight is 784 g/mol. The van der Waals surface area contributed by atoms with Crippen molar-refractivity contribution in [1.82, 2.24) is 9.13 Å². The second-order valence-corrected chi connectivity index (χ2v) is 17.1. The van der Waals surface area contributed by atoms with Gasteiger partial charge in [0.1, 0.15) is 47.1 Å². The predicted molar refractivity (Wildman–Crippen MR) is 286 cm³/mol. The molecule has 9 aromatic carbocycles. The SMILES string of the molecule is Bc1c(-c2c(B)c(B)c3c(c2B)c2ccc(-c4ccccc4)cc2n3-c2ccc(-c3ccccc3)cc2)c(B)c2c3ccccc3n(-c3cccc(-c4ccccc4)c3)c2c1B. The smallest absolute Gasteiger partial charge is 0.141 e. The number of rotatable bonds is 6. The quantitative estimate of drug-likeness (QED) is 0.225. The van der Waals surface area contributed by atoms with Gasteiger partial charge in [-0.15, -0.1) is 0 Å². The molecule has 62 heavy (non-hydrogen) atoms. The van der Waals surface area contributed by atoms with Crippen molar-refractivity contribution in [1.29, 1.82) is 0 Å². The van der Waals surface area contributed by atoms with Crippen LogP contribution in [-0.4, -0.2) is 56.2 Å². The third-order valence-corrected chi connectivity index (χ3v) is 13.7. The summed E-state index contributed by atoms with van der Waals surface area (Å²) in [6, 6.07) is 66.4. The summed E-state index contributed by atoms with van der Waals surface area (Å²) >= 11 is 0. The maximum Gasteiger partial charge on any atom is 0.141 e. The number of nitrogens with zero attached hydrogens (tertiary/aromatic N) is 2. The van der Waals surface area contributed by atoms with Crippen LogP contribution in [-0.2, 0) is 0 Å². The molecule has 0 aliphatic heterocycles. The second-order valence-electron chi connectivity index (χ2n) is 17.1. The zero-order valence-electron chi connectivity index (χ0n) is 36.2. The zero-order valence-corrected chi connectivity index (χ0v) is 36.2. The molecule has 0 aliphatic carbocycles. The van der Waals surface area contributed by atoms with E-state index in [0.29, 0.717) is 0 Å². The van der Waals surface area contributed by atoms with Crippen LogP contribution in [0.3, 0.4) is 0 Å². The Hall–Kier alpha value is -7.03. The normalized spacial score (nSPS) is 11.6. The molecule has 286 valence electrons. The van der Waals surface area contributed by atoms with Crippen molar-refractivity contribution >= 4 is 123 Å². The summed E-state index contributed by atoms with van der Waals surface area (Å²) in [7, 11) is 14.1. The minimum absolute atomic E-state index is 1.17. The molecule has 0 amide bonds. The van der Waals surface area contributed by atoms with Crippen molar-refractivity contribution in [3.63, 3.8) is 0 Å². The summed E-state index contributed by atoms with van der Waals surface area (Å²) in [6.07, 6.45) is 0. The Labute approximate surface area is 368 Å². The molecule has 0 fully saturated rings. The lowest BCUT2D eigenvalue weighted by Crippen LogP contribution is -2.41. The van der Waals surface area contributed by atoms with Crippen LogP contribution < -0.4 is 32.8 Å². The molecule has 0 aliphatic rings. The molecule has 11 aromatic rings. The van der Waals surface area contributed by atoms with Crippen molar-refractivity contribution in [3.05, 3.63) is 182 Å². The molecule has 0 unspecified atom stereocenters. The Morgan fingerprint density at radius 2 is 0.694 bits per heavy atom. The molecule has 0 bridgehead atoms. The lowest BCUT2D eigenvalue weighted by Gasteiger charge is -2.24. The standard InChI is InChI=1S/C54H42B6N2/c55-47-43-39-21-10-11-22-41(39)62(38-20-12-19-35(29-38)32-15-6-2-7-16-32)54(43)52(60)50(58)45(47)46-48(56)44-40-28-25-36(33-17-8-3-9-18-33)30-42(40)61(53(44)51(59)49(46)57)37-26-23-34(24-27-37)31-13-4-1-5-14-31/h1-30H,55-60H2. The van der Waals surface area contributed by atoms with Gasteiger partial charge in [0.05, 0.1) is 11.0 Å². The van der Waals surface area contributed by atoms with Gasteiger partial charge in [0.2, 0.25) is 0 Å². The Kier molecular flexibility index (Phi) is 9.09. The van der Waals surface area contributed by atoms with Crippen LogP contribution in [0.4, 0.5) is 0 Å². The van der Waals surface area contributed by atoms with Gasteiger partial charge in [-0.05, 0) is 80.9 Å². The highest BCUT2D eigenvalue weighted by molar-refractivity contribution is 6.65. The molecule has 11 rings (SSSR count). The molecule has 2 heterocycles. The molecule has 2 aromatic heterocycles. The largest absolute Gasteiger partial charge is 0.310 e. The maximum absolute atomic E-state index is 2.52. The van der Waals surface area contributed by atoms with E-state index in [4.69, 9.17) is 0 Å². The van der Waals surface area contributed by atoms with E-state index in [1.54, 1.807) is 0 Å². The molecular weight excluding hydrogens is 741 g/mol. The van der Waals surface area contributed by atoms with Gasteiger partial charge in [-0.2, -0.15) is 0 Å². The molecule has 0 spiro atoms. The lowest BCUT2D eigenvalue weighted by molar-refractivity contribution is 1.19. The highest BCUT2D eigenvalue weighted by Gasteiger charge is 2.26. The molecular formula is C54H42B6N2. The third kappa shape index (κ3) is 5.81. The predicted octanol–water partition coefficient (Wildman–Crippen LogP) is 4.10. The summed E-state index contributed by atoms with van der Waals surface area (Å²) in [5.41, 5.74) is 25.3. The van der Waals surface area contributed by atoms with Crippen molar-refractivity contribution in [3.8, 4) is 55.9 Å². The Balaban J connectivity index is 1.18. The first-order chi connectivity index (χ1) is 30.3. The van der Waals surface area contributed by atoms with Crippen molar-refractivity contribution in [2.24, 2.45) is 0 Å². The topological polar surface area (TPSA) is 9.86 Å². The summed E-state index contributed by atoms with van der Waals surface area (Å²) in [5.74, 6) is 0. The van der Waals surface area contributed by atoms with Gasteiger partial charge < -0.3 is 9.13 Å². The van der Waals surface area contributed by atoms with Crippen LogP contribution in [0, 0.1) is 0 Å². The Bertz CT molecular complexity index is 3560. The minimum Gasteiger partial charge on any atom is -0.310 e. The van der Waals surface area contributed by atoms with Crippen LogP contribution in [0.5, 0.6) is 0 Å². The van der Waals surface area contributed by atoms with Gasteiger partial charge in [-0.3, -0.25) is 0 Å². The van der Waals surface area contributed by atoms with Crippen molar-refractivity contribution in [2.45, 2.75) is 0 Å². The third-order valence-electron chi connectivity index (χ3n) is 13.7. The van der Waals surface area contributed by atoms with Gasteiger partial charge in [-0.1, -0.05) is 178 Å². The van der Waals surface area contributed by atoms with Crippen molar-refractivity contribution < 1.29 is 0 Å². The van der Waals surface area contributed by atoms with Crippen LogP contribution in [0.2, 0.25) is 0 Å². The van der Waals surface area contributed by atoms with E-state index >= 15 is 0 Å². The van der Waals surface area contributed by atoms with E-state index in [0.717, 1.165) is 0 Å². The second kappa shape index (κ2) is 14.9. The summed E-state index contributed by atoms with van der Waals surface area (Å²) in [5, 5.41) is 5.21. The molecule has 0 radical (unpaired) electrons. The summed E-state index contributed by atoms with van der Waals surface area (Å²) in [6.45, 7) is 0. The highest BCUT2D eigenvalue weighted by Crippen LogP contribution is 2.37. The lowest BCUT2D eigenvalue weighted by atomic mass is 9.63. The molecule has 0 saturated carbocycles.